The van der Waals surface area contributed by atoms with Crippen molar-refractivity contribution in [2.75, 3.05) is 13.7 Å². The summed E-state index contributed by atoms with van der Waals surface area (Å²) in [6, 6.07) is 23.4. The zero-order valence-corrected chi connectivity index (χ0v) is 19.0. The molecule has 1 amide bonds. The topological polar surface area (TPSA) is 65.4 Å². The number of methoxy groups -OCH3 is 1. The van der Waals surface area contributed by atoms with Crippen molar-refractivity contribution in [2.45, 2.75) is 20.4 Å². The first-order chi connectivity index (χ1) is 16.0. The SMILES string of the molecule is COc1cccc(-c2nn(-c3ccccc3)cc2CNC(=O)COc2cccc(C)c2C)c1. The molecule has 168 valence electrons. The molecule has 1 heterocycles. The molecule has 33 heavy (non-hydrogen) atoms. The smallest absolute Gasteiger partial charge is 0.258 e. The molecule has 0 aliphatic rings. The van der Waals surface area contributed by atoms with Crippen LogP contribution in [0.25, 0.3) is 16.9 Å². The minimum absolute atomic E-state index is 0.0500. The molecule has 1 N–H and O–H groups in total. The Bertz CT molecular complexity index is 1250. The Hall–Kier alpha value is -4.06. The average Bonchev–Trinajstić information content (AvgIpc) is 3.28. The lowest BCUT2D eigenvalue weighted by molar-refractivity contribution is -0.123. The Morgan fingerprint density at radius 1 is 1.00 bits per heavy atom. The number of para-hydroxylation sites is 1. The fourth-order valence-electron chi connectivity index (χ4n) is 3.53. The lowest BCUT2D eigenvalue weighted by atomic mass is 10.1. The number of aromatic nitrogens is 2. The van der Waals surface area contributed by atoms with E-state index in [2.05, 4.69) is 5.32 Å². The number of carbonyl (C=O) groups is 1. The van der Waals surface area contributed by atoms with Gasteiger partial charge in [0.25, 0.3) is 5.91 Å². The van der Waals surface area contributed by atoms with Crippen molar-refractivity contribution in [3.05, 3.63) is 95.7 Å². The lowest BCUT2D eigenvalue weighted by Crippen LogP contribution is -2.28. The maximum atomic E-state index is 12.5. The molecule has 0 aliphatic heterocycles. The quantitative estimate of drug-likeness (QED) is 0.424. The Labute approximate surface area is 193 Å². The van der Waals surface area contributed by atoms with E-state index in [1.807, 2.05) is 97.5 Å². The highest BCUT2D eigenvalue weighted by atomic mass is 16.5. The van der Waals surface area contributed by atoms with Gasteiger partial charge in [-0.1, -0.05) is 42.5 Å². The molecule has 6 nitrogen and oxygen atoms in total. The molecule has 0 unspecified atom stereocenters. The third kappa shape index (κ3) is 5.23. The summed E-state index contributed by atoms with van der Waals surface area (Å²) in [5, 5.41) is 7.76. The van der Waals surface area contributed by atoms with Crippen molar-refractivity contribution in [3.63, 3.8) is 0 Å². The van der Waals surface area contributed by atoms with E-state index >= 15 is 0 Å². The van der Waals surface area contributed by atoms with E-state index in [4.69, 9.17) is 14.6 Å². The van der Waals surface area contributed by atoms with Crippen LogP contribution in [0.3, 0.4) is 0 Å². The average molecular weight is 442 g/mol. The normalized spacial score (nSPS) is 10.6. The number of aryl methyl sites for hydroxylation is 1. The van der Waals surface area contributed by atoms with Gasteiger partial charge in [-0.25, -0.2) is 4.68 Å². The largest absolute Gasteiger partial charge is 0.497 e. The highest BCUT2D eigenvalue weighted by Gasteiger charge is 2.14. The van der Waals surface area contributed by atoms with Crippen LogP contribution in [0.4, 0.5) is 0 Å². The molecule has 3 aromatic carbocycles. The van der Waals surface area contributed by atoms with Crippen LogP contribution in [0.15, 0.2) is 79.0 Å². The van der Waals surface area contributed by atoms with Crippen LogP contribution < -0.4 is 14.8 Å². The van der Waals surface area contributed by atoms with E-state index in [-0.39, 0.29) is 12.5 Å². The summed E-state index contributed by atoms with van der Waals surface area (Å²) >= 11 is 0. The number of ether oxygens (including phenoxy) is 2. The van der Waals surface area contributed by atoms with Crippen LogP contribution in [0.2, 0.25) is 0 Å². The molecule has 0 fully saturated rings. The summed E-state index contributed by atoms with van der Waals surface area (Å²) in [6.07, 6.45) is 1.94. The van der Waals surface area contributed by atoms with Crippen LogP contribution >= 0.6 is 0 Å². The van der Waals surface area contributed by atoms with Crippen LogP contribution in [-0.4, -0.2) is 29.4 Å². The Kier molecular flexibility index (Phi) is 6.74. The zero-order valence-electron chi connectivity index (χ0n) is 19.0. The third-order valence-corrected chi connectivity index (χ3v) is 5.54. The van der Waals surface area contributed by atoms with Gasteiger partial charge in [0.15, 0.2) is 6.61 Å². The maximum absolute atomic E-state index is 12.5. The molecule has 0 radical (unpaired) electrons. The second-order valence-corrected chi connectivity index (χ2v) is 7.78. The molecule has 4 aromatic rings. The molecule has 0 saturated carbocycles. The van der Waals surface area contributed by atoms with Crippen LogP contribution in [0.5, 0.6) is 11.5 Å². The molecule has 0 spiro atoms. The number of nitrogens with zero attached hydrogens (tertiary/aromatic N) is 2. The second kappa shape index (κ2) is 10.0. The third-order valence-electron chi connectivity index (χ3n) is 5.54. The van der Waals surface area contributed by atoms with Gasteiger partial charge in [0.1, 0.15) is 11.5 Å². The van der Waals surface area contributed by atoms with Gasteiger partial charge in [0.05, 0.1) is 18.5 Å². The number of nitrogens with one attached hydrogen (secondary N) is 1. The molecule has 0 aliphatic carbocycles. The van der Waals surface area contributed by atoms with E-state index in [1.54, 1.807) is 7.11 Å². The van der Waals surface area contributed by atoms with Crippen molar-refractivity contribution < 1.29 is 14.3 Å². The first kappa shape index (κ1) is 22.1. The number of hydrogen-bond donors (Lipinski definition) is 1. The lowest BCUT2D eigenvalue weighted by Gasteiger charge is -2.11. The second-order valence-electron chi connectivity index (χ2n) is 7.78. The molecule has 1 aromatic heterocycles. The fraction of sp³-hybridized carbons (Fsp3) is 0.185. The van der Waals surface area contributed by atoms with Crippen LogP contribution in [0, 0.1) is 13.8 Å². The van der Waals surface area contributed by atoms with Gasteiger partial charge in [-0.05, 0) is 55.3 Å². The van der Waals surface area contributed by atoms with Gasteiger partial charge in [-0.2, -0.15) is 5.10 Å². The van der Waals surface area contributed by atoms with Gasteiger partial charge in [0.2, 0.25) is 0 Å². The van der Waals surface area contributed by atoms with Crippen LogP contribution in [0.1, 0.15) is 16.7 Å². The number of rotatable bonds is 8. The highest BCUT2D eigenvalue weighted by molar-refractivity contribution is 5.78. The van der Waals surface area contributed by atoms with Crippen molar-refractivity contribution in [1.29, 1.82) is 0 Å². The van der Waals surface area contributed by atoms with E-state index in [0.717, 1.165) is 45.1 Å². The van der Waals surface area contributed by atoms with E-state index in [0.29, 0.717) is 6.54 Å². The minimum atomic E-state index is -0.194. The number of hydrogen-bond acceptors (Lipinski definition) is 4. The summed E-state index contributed by atoms with van der Waals surface area (Å²) in [5.41, 5.74) is 5.71. The first-order valence-corrected chi connectivity index (χ1v) is 10.8. The standard InChI is InChI=1S/C27H27N3O3/c1-19-9-7-14-25(20(19)2)33-18-26(31)28-16-22-17-30(23-11-5-4-6-12-23)29-27(22)21-10-8-13-24(15-21)32-3/h4-15,17H,16,18H2,1-3H3,(H,28,31). The summed E-state index contributed by atoms with van der Waals surface area (Å²) in [5.74, 6) is 1.28. The fourth-order valence-corrected chi connectivity index (χ4v) is 3.53. The molecular formula is C27H27N3O3. The van der Waals surface area contributed by atoms with Crippen LogP contribution in [-0.2, 0) is 11.3 Å². The van der Waals surface area contributed by atoms with Gasteiger partial charge < -0.3 is 14.8 Å². The molecule has 0 bridgehead atoms. The predicted octanol–water partition coefficient (Wildman–Crippen LogP) is 4.86. The Morgan fingerprint density at radius 2 is 1.79 bits per heavy atom. The summed E-state index contributed by atoms with van der Waals surface area (Å²) in [6.45, 7) is 4.29. The van der Waals surface area contributed by atoms with E-state index < -0.39 is 0 Å². The first-order valence-electron chi connectivity index (χ1n) is 10.8. The number of amides is 1. The van der Waals surface area contributed by atoms with Gasteiger partial charge >= 0.3 is 0 Å². The molecule has 0 saturated heterocycles. The maximum Gasteiger partial charge on any atom is 0.258 e. The summed E-state index contributed by atoms with van der Waals surface area (Å²) in [4.78, 5) is 12.5. The Morgan fingerprint density at radius 3 is 2.58 bits per heavy atom. The molecule has 6 heteroatoms. The van der Waals surface area contributed by atoms with Gasteiger partial charge in [-0.15, -0.1) is 0 Å². The van der Waals surface area contributed by atoms with E-state index in [1.165, 1.54) is 0 Å². The zero-order chi connectivity index (χ0) is 23.2. The summed E-state index contributed by atoms with van der Waals surface area (Å²) in [7, 11) is 1.64. The predicted molar refractivity (Wildman–Crippen MR) is 129 cm³/mol. The molecule has 0 atom stereocenters. The van der Waals surface area contributed by atoms with Crippen molar-refractivity contribution >= 4 is 5.91 Å². The minimum Gasteiger partial charge on any atom is -0.497 e. The highest BCUT2D eigenvalue weighted by Crippen LogP contribution is 2.27. The monoisotopic (exact) mass is 441 g/mol. The van der Waals surface area contributed by atoms with Crippen molar-refractivity contribution in [3.8, 4) is 28.4 Å². The molecule has 4 rings (SSSR count). The number of carbonyl (C=O) groups excluding carboxylic acids is 1. The Balaban J connectivity index is 1.52. The summed E-state index contributed by atoms with van der Waals surface area (Å²) < 4.78 is 12.9. The van der Waals surface area contributed by atoms with Crippen molar-refractivity contribution in [2.24, 2.45) is 0 Å². The number of benzene rings is 3. The van der Waals surface area contributed by atoms with Crippen molar-refractivity contribution in [1.82, 2.24) is 15.1 Å². The van der Waals surface area contributed by atoms with Gasteiger partial charge in [-0.3, -0.25) is 4.79 Å². The van der Waals surface area contributed by atoms with E-state index in [9.17, 15) is 4.79 Å². The molecular weight excluding hydrogens is 414 g/mol. The van der Waals surface area contributed by atoms with Gasteiger partial charge in [0, 0.05) is 23.9 Å².